The molecule has 2 saturated heterocycles. The molecule has 38 heavy (non-hydrogen) atoms. The molecule has 0 saturated carbocycles. The molecule has 5 rings (SSSR count). The summed E-state index contributed by atoms with van der Waals surface area (Å²) in [5.74, 6) is 0. The van der Waals surface area contributed by atoms with Gasteiger partial charge in [-0.3, -0.25) is 0 Å². The maximum absolute atomic E-state index is 10.0. The molecule has 2 aliphatic heterocycles. The molecule has 3 aromatic rings. The summed E-state index contributed by atoms with van der Waals surface area (Å²) in [5, 5.41) is 22.5. The van der Waals surface area contributed by atoms with Crippen LogP contribution in [-0.2, 0) is 0 Å². The number of hydrogen-bond donors (Lipinski definition) is 2. The summed E-state index contributed by atoms with van der Waals surface area (Å²) in [6, 6.07) is 17.9. The standard InChI is InChI=1S/C29H41BIN6O/c1-7-27(21(2)38)37-20-26(32-34-37)22-8-12-24(13-9-22)35-16-18-36(19-17-35)25-14-10-23(11-15-25)30-31-28(3,4)29(5,6)33-30/h8-15,20-21,27,33,38H,7,16-19H2,1-6H3/q-1/t21-,27-/m0/s1. The van der Waals surface area contributed by atoms with Crippen molar-refractivity contribution in [3.63, 3.8) is 0 Å². The van der Waals surface area contributed by atoms with Crippen LogP contribution < -0.4 is 41.5 Å². The molecule has 0 radical (unpaired) electrons. The first-order chi connectivity index (χ1) is 18.1. The van der Waals surface area contributed by atoms with Gasteiger partial charge >= 0.3 is 169 Å². The van der Waals surface area contributed by atoms with E-state index in [-0.39, 0.29) is 32.6 Å². The molecule has 2 aliphatic rings. The van der Waals surface area contributed by atoms with E-state index in [1.165, 1.54) is 16.8 Å². The number of alkyl halides is 1. The number of anilines is 2. The van der Waals surface area contributed by atoms with E-state index < -0.39 is 6.10 Å². The van der Waals surface area contributed by atoms with Gasteiger partial charge in [0.15, 0.2) is 0 Å². The van der Waals surface area contributed by atoms with Crippen LogP contribution in [0.25, 0.3) is 11.3 Å². The fourth-order valence-electron chi connectivity index (χ4n) is 5.31. The van der Waals surface area contributed by atoms with Gasteiger partial charge in [-0.1, -0.05) is 12.1 Å². The molecule has 2 aromatic carbocycles. The first kappa shape index (κ1) is 27.5. The van der Waals surface area contributed by atoms with Crippen molar-refractivity contribution in [3.8, 4) is 11.3 Å². The monoisotopic (exact) mass is 627 g/mol. The summed E-state index contributed by atoms with van der Waals surface area (Å²) >= 11 is 0.0304. The second-order valence-electron chi connectivity index (χ2n) is 11.6. The minimum Gasteiger partial charge on any atom is -0.130 e. The number of nitrogens with one attached hydrogen (secondary N) is 1. The first-order valence-electron chi connectivity index (χ1n) is 13.8. The molecule has 3 heterocycles. The Morgan fingerprint density at radius 3 is 1.97 bits per heavy atom. The molecule has 0 bridgehead atoms. The molecule has 0 aliphatic carbocycles. The number of rotatable bonds is 7. The number of aromatic nitrogens is 3. The zero-order chi connectivity index (χ0) is 27.1. The quantitative estimate of drug-likeness (QED) is 0.227. The number of aliphatic hydroxyl groups is 1. The van der Waals surface area contributed by atoms with Crippen LogP contribution in [0.2, 0.25) is 0 Å². The van der Waals surface area contributed by atoms with Crippen LogP contribution in [0.15, 0.2) is 54.7 Å². The smallest absolute Gasteiger partial charge is 0.130 e. The normalized spacial score (nSPS) is 20.8. The Bertz CT molecular complexity index is 1200. The molecule has 2 fully saturated rings. The van der Waals surface area contributed by atoms with Gasteiger partial charge in [-0.05, 0) is 13.3 Å². The van der Waals surface area contributed by atoms with E-state index >= 15 is 0 Å². The van der Waals surface area contributed by atoms with E-state index in [1.54, 1.807) is 11.6 Å². The van der Waals surface area contributed by atoms with E-state index in [0.717, 1.165) is 43.9 Å². The molecule has 0 spiro atoms. The molecule has 0 amide bonds. The Hall–Kier alpha value is -2.11. The van der Waals surface area contributed by atoms with Crippen molar-refractivity contribution in [2.45, 2.75) is 69.1 Å². The minimum atomic E-state index is -0.459. The third-order valence-corrected chi connectivity index (χ3v) is 13.1. The van der Waals surface area contributed by atoms with E-state index in [4.69, 9.17) is 0 Å². The van der Waals surface area contributed by atoms with Gasteiger partial charge < -0.3 is 5.11 Å². The predicted octanol–water partition coefficient (Wildman–Crippen LogP) is 0.548. The molecule has 9 heteroatoms. The van der Waals surface area contributed by atoms with Gasteiger partial charge in [0.1, 0.15) is 5.69 Å². The van der Waals surface area contributed by atoms with Gasteiger partial charge in [0.05, 0.1) is 18.3 Å². The third kappa shape index (κ3) is 5.47. The number of benzene rings is 2. The summed E-state index contributed by atoms with van der Waals surface area (Å²) < 4.78 is 2.70. The van der Waals surface area contributed by atoms with Crippen LogP contribution in [0.1, 0.15) is 54.0 Å². The Morgan fingerprint density at radius 2 is 1.50 bits per heavy atom. The summed E-state index contributed by atoms with van der Waals surface area (Å²) in [7, 11) is 0. The van der Waals surface area contributed by atoms with E-state index in [1.807, 2.05) is 6.20 Å². The molecule has 2 atom stereocenters. The van der Waals surface area contributed by atoms with Crippen molar-refractivity contribution in [1.82, 2.24) is 20.2 Å². The van der Waals surface area contributed by atoms with E-state index in [2.05, 4.69) is 108 Å². The van der Waals surface area contributed by atoms with Crippen LogP contribution in [0.4, 0.5) is 11.4 Å². The van der Waals surface area contributed by atoms with Crippen LogP contribution in [0.3, 0.4) is 0 Å². The zero-order valence-corrected chi connectivity index (χ0v) is 25.7. The fraction of sp³-hybridized carbons (Fsp3) is 0.517. The van der Waals surface area contributed by atoms with Crippen molar-refractivity contribution in [3.05, 3.63) is 54.7 Å². The Morgan fingerprint density at radius 1 is 0.947 bits per heavy atom. The Labute approximate surface area is 238 Å². The molecule has 2 N–H and O–H groups in total. The third-order valence-electron chi connectivity index (χ3n) is 8.54. The summed E-state index contributed by atoms with van der Waals surface area (Å²) in [6.45, 7) is 17.4. The minimum absolute atomic E-state index is 0.0304. The van der Waals surface area contributed by atoms with Crippen LogP contribution in [0.5, 0.6) is 0 Å². The van der Waals surface area contributed by atoms with Gasteiger partial charge in [0.2, 0.25) is 0 Å². The van der Waals surface area contributed by atoms with Crippen molar-refractivity contribution >= 4 is 21.5 Å². The van der Waals surface area contributed by atoms with E-state index in [9.17, 15) is 5.11 Å². The van der Waals surface area contributed by atoms with Gasteiger partial charge in [-0.2, -0.15) is 0 Å². The average molecular weight is 627 g/mol. The van der Waals surface area contributed by atoms with Gasteiger partial charge in [-0.25, -0.2) is 4.68 Å². The Balaban J connectivity index is 1.17. The maximum atomic E-state index is 10.0. The average Bonchev–Trinajstić information content (AvgIpc) is 3.46. The van der Waals surface area contributed by atoms with Gasteiger partial charge in [-0.15, -0.1) is 5.10 Å². The predicted molar refractivity (Wildman–Crippen MR) is 154 cm³/mol. The molecular formula is C29H41BIN6O-. The van der Waals surface area contributed by atoms with Gasteiger partial charge in [0.25, 0.3) is 0 Å². The molecule has 0 unspecified atom stereocenters. The second-order valence-corrected chi connectivity index (χ2v) is 16.2. The summed E-state index contributed by atoms with van der Waals surface area (Å²) in [5.41, 5.74) is 6.08. The summed E-state index contributed by atoms with van der Waals surface area (Å²) in [6.07, 6.45) is 2.29. The number of nitrogens with zero attached hydrogens (tertiary/aromatic N) is 5. The number of aliphatic hydroxyl groups excluding tert-OH is 1. The molecule has 7 nitrogen and oxygen atoms in total. The van der Waals surface area contributed by atoms with Crippen molar-refractivity contribution in [2.24, 2.45) is 0 Å². The SMILES string of the molecule is CC[C@@H]([C@H](C)O)n1cc(-c2ccc(N3CCN(c4ccc(B5NC(C)(C)C(C)(C)[I-]5)cc4)CC3)cc2)nn1. The number of halogens is 1. The number of hydrogen-bond acceptors (Lipinski definition) is 6. The first-order valence-corrected chi connectivity index (χ1v) is 16.1. The van der Waals surface area contributed by atoms with Gasteiger partial charge in [0, 0.05) is 5.56 Å². The van der Waals surface area contributed by atoms with Crippen molar-refractivity contribution < 1.29 is 26.1 Å². The van der Waals surface area contributed by atoms with E-state index in [0.29, 0.717) is 8.13 Å². The summed E-state index contributed by atoms with van der Waals surface area (Å²) in [4.78, 5) is 4.97. The molecule has 204 valence electrons. The van der Waals surface area contributed by atoms with Crippen LogP contribution in [-0.4, -0.2) is 66.0 Å². The molecular weight excluding hydrogens is 586 g/mol. The zero-order valence-electron chi connectivity index (χ0n) is 23.5. The van der Waals surface area contributed by atoms with Crippen molar-refractivity contribution in [2.75, 3.05) is 36.0 Å². The topological polar surface area (TPSA) is 69.5 Å². The Kier molecular flexibility index (Phi) is 7.81. The number of piperazine rings is 1. The van der Waals surface area contributed by atoms with Crippen LogP contribution >= 0.6 is 0 Å². The second kappa shape index (κ2) is 10.8. The molecule has 1 aromatic heterocycles. The van der Waals surface area contributed by atoms with Crippen molar-refractivity contribution in [1.29, 1.82) is 0 Å². The van der Waals surface area contributed by atoms with Crippen LogP contribution in [0, 0.1) is 0 Å². The fourth-order valence-corrected chi connectivity index (χ4v) is 9.51.